The predicted octanol–water partition coefficient (Wildman–Crippen LogP) is 6.42. The summed E-state index contributed by atoms with van der Waals surface area (Å²) in [6.07, 6.45) is 4.48. The van der Waals surface area contributed by atoms with Crippen LogP contribution in [0, 0.1) is 6.92 Å². The maximum Gasteiger partial charge on any atom is 0.247 e. The third-order valence-electron chi connectivity index (χ3n) is 5.36. The monoisotopic (exact) mass is 450 g/mol. The van der Waals surface area contributed by atoms with Crippen LogP contribution in [0.25, 0.3) is 11.3 Å². The second kappa shape index (κ2) is 10.7. The zero-order valence-electron chi connectivity index (χ0n) is 18.9. The van der Waals surface area contributed by atoms with Crippen LogP contribution in [0.5, 0.6) is 11.6 Å². The van der Waals surface area contributed by atoms with Crippen LogP contribution >= 0.6 is 11.8 Å². The van der Waals surface area contributed by atoms with Gasteiger partial charge in [-0.05, 0) is 50.1 Å². The Morgan fingerprint density at radius 3 is 2.75 bits per heavy atom. The van der Waals surface area contributed by atoms with Gasteiger partial charge in [0, 0.05) is 22.6 Å². The molecule has 6 nitrogen and oxygen atoms in total. The van der Waals surface area contributed by atoms with E-state index in [1.807, 2.05) is 50.2 Å². The Morgan fingerprint density at radius 2 is 1.94 bits per heavy atom. The molecule has 1 atom stereocenters. The lowest BCUT2D eigenvalue weighted by Gasteiger charge is -2.20. The topological polar surface area (TPSA) is 69.2 Å². The number of hydrogen-bond acceptors (Lipinski definition) is 7. The van der Waals surface area contributed by atoms with Crippen molar-refractivity contribution in [3.8, 4) is 22.9 Å². The molecule has 0 saturated carbocycles. The van der Waals surface area contributed by atoms with E-state index in [-0.39, 0.29) is 0 Å². The molecule has 1 aliphatic heterocycles. The summed E-state index contributed by atoms with van der Waals surface area (Å²) in [7, 11) is 0. The molecule has 0 fully saturated rings. The lowest BCUT2D eigenvalue weighted by Crippen LogP contribution is -2.17. The van der Waals surface area contributed by atoms with Crippen molar-refractivity contribution in [2.45, 2.75) is 57.8 Å². The van der Waals surface area contributed by atoms with Crippen molar-refractivity contribution in [3.63, 3.8) is 0 Å². The Hall–Kier alpha value is -2.80. The first-order valence-corrected chi connectivity index (χ1v) is 12.3. The summed E-state index contributed by atoms with van der Waals surface area (Å²) in [4.78, 5) is 4.74. The van der Waals surface area contributed by atoms with Crippen molar-refractivity contribution < 1.29 is 9.47 Å². The van der Waals surface area contributed by atoms with Gasteiger partial charge >= 0.3 is 0 Å². The summed E-state index contributed by atoms with van der Waals surface area (Å²) in [5.41, 5.74) is 4.61. The molecule has 1 aromatic heterocycles. The van der Waals surface area contributed by atoms with E-state index >= 15 is 0 Å². The number of hydrogen-bond donors (Lipinski definition) is 1. The molecular weight excluding hydrogens is 420 g/mol. The van der Waals surface area contributed by atoms with Crippen molar-refractivity contribution in [2.75, 3.05) is 17.7 Å². The van der Waals surface area contributed by atoms with E-state index in [1.165, 1.54) is 19.3 Å². The van der Waals surface area contributed by atoms with Crippen LogP contribution in [0.3, 0.4) is 0 Å². The van der Waals surface area contributed by atoms with E-state index in [9.17, 15) is 0 Å². The number of ether oxygens (including phenoxy) is 2. The van der Waals surface area contributed by atoms with Crippen molar-refractivity contribution >= 4 is 17.4 Å². The number of fused-ring (bicyclic) bond motifs is 3. The second-order valence-corrected chi connectivity index (χ2v) is 8.87. The fourth-order valence-electron chi connectivity index (χ4n) is 3.70. The number of unbranched alkanes of at least 4 members (excludes halogenated alkanes) is 3. The van der Waals surface area contributed by atoms with E-state index in [0.717, 1.165) is 40.3 Å². The van der Waals surface area contributed by atoms with Crippen LogP contribution in [0.4, 0.5) is 5.69 Å². The summed E-state index contributed by atoms with van der Waals surface area (Å²) >= 11 is 1.64. The third-order valence-corrected chi connectivity index (χ3v) is 6.29. The van der Waals surface area contributed by atoms with Gasteiger partial charge in [0.05, 0.1) is 6.61 Å². The average Bonchev–Trinajstić information content (AvgIpc) is 2.97. The predicted molar refractivity (Wildman–Crippen MR) is 129 cm³/mol. The highest BCUT2D eigenvalue weighted by molar-refractivity contribution is 7.99. The largest absolute Gasteiger partial charge is 0.494 e. The molecule has 0 unspecified atom stereocenters. The first kappa shape index (κ1) is 22.4. The van der Waals surface area contributed by atoms with Crippen molar-refractivity contribution in [2.24, 2.45) is 0 Å². The van der Waals surface area contributed by atoms with Crippen LogP contribution in [-0.2, 0) is 0 Å². The number of benzene rings is 2. The smallest absolute Gasteiger partial charge is 0.247 e. The Labute approximate surface area is 194 Å². The minimum atomic E-state index is -0.397. The number of anilines is 1. The number of rotatable bonds is 9. The standard InChI is InChI=1S/C25H30N4O2S/c1-4-6-7-10-15-32-25-27-24-22(28-29-25)19-11-8-9-12-20(19)26-23(31-24)18-13-14-21(30-5-2)17(3)16-18/h8-9,11-14,16,23,26H,4-7,10,15H2,1-3H3/t23-/m1/s1. The zero-order valence-corrected chi connectivity index (χ0v) is 19.7. The van der Waals surface area contributed by atoms with Gasteiger partial charge < -0.3 is 14.8 Å². The summed E-state index contributed by atoms with van der Waals surface area (Å²) in [5.74, 6) is 2.37. The lowest BCUT2D eigenvalue weighted by atomic mass is 10.1. The third kappa shape index (κ3) is 5.15. The number of aryl methyl sites for hydroxylation is 1. The first-order chi connectivity index (χ1) is 15.7. The molecular formula is C25H30N4O2S. The summed E-state index contributed by atoms with van der Waals surface area (Å²) in [5, 5.41) is 13.0. The molecule has 2 aromatic carbocycles. The normalized spacial score (nSPS) is 14.5. The molecule has 32 heavy (non-hydrogen) atoms. The maximum absolute atomic E-state index is 6.39. The Bertz CT molecular complexity index is 1060. The van der Waals surface area contributed by atoms with Crippen molar-refractivity contribution in [1.29, 1.82) is 0 Å². The molecule has 2 heterocycles. The van der Waals surface area contributed by atoms with Crippen LogP contribution in [0.2, 0.25) is 0 Å². The molecule has 1 aliphatic rings. The minimum Gasteiger partial charge on any atom is -0.494 e. The highest BCUT2D eigenvalue weighted by atomic mass is 32.2. The van der Waals surface area contributed by atoms with E-state index in [1.54, 1.807) is 11.8 Å². The molecule has 0 amide bonds. The lowest BCUT2D eigenvalue weighted by molar-refractivity contribution is 0.225. The number of aromatic nitrogens is 3. The molecule has 0 spiro atoms. The molecule has 4 rings (SSSR count). The fourth-order valence-corrected chi connectivity index (χ4v) is 4.48. The van der Waals surface area contributed by atoms with Gasteiger partial charge in [-0.2, -0.15) is 4.98 Å². The molecule has 0 saturated heterocycles. The van der Waals surface area contributed by atoms with Crippen LogP contribution in [0.15, 0.2) is 47.6 Å². The molecule has 0 bridgehead atoms. The minimum absolute atomic E-state index is 0.397. The molecule has 168 valence electrons. The van der Waals surface area contributed by atoms with Crippen molar-refractivity contribution in [3.05, 3.63) is 53.6 Å². The van der Waals surface area contributed by atoms with Gasteiger partial charge in [-0.3, -0.25) is 0 Å². The van der Waals surface area contributed by atoms with Gasteiger partial charge in [0.25, 0.3) is 0 Å². The Morgan fingerprint density at radius 1 is 1.06 bits per heavy atom. The van der Waals surface area contributed by atoms with Crippen LogP contribution < -0.4 is 14.8 Å². The number of nitrogens with zero attached hydrogens (tertiary/aromatic N) is 3. The second-order valence-electron chi connectivity index (χ2n) is 7.80. The van der Waals surface area contributed by atoms with Gasteiger partial charge in [-0.25, -0.2) is 0 Å². The number of thioether (sulfide) groups is 1. The number of para-hydroxylation sites is 1. The van der Waals surface area contributed by atoms with Gasteiger partial charge in [-0.15, -0.1) is 10.2 Å². The van der Waals surface area contributed by atoms with Crippen molar-refractivity contribution in [1.82, 2.24) is 15.2 Å². The molecule has 1 N–H and O–H groups in total. The Balaban J connectivity index is 1.62. The van der Waals surface area contributed by atoms with Gasteiger partial charge in [0.2, 0.25) is 11.0 Å². The van der Waals surface area contributed by atoms with E-state index in [4.69, 9.17) is 14.5 Å². The van der Waals surface area contributed by atoms with E-state index in [0.29, 0.717) is 23.3 Å². The summed E-state index contributed by atoms with van der Waals surface area (Å²) < 4.78 is 12.1. The average molecular weight is 451 g/mol. The van der Waals surface area contributed by atoms with Gasteiger partial charge in [0.15, 0.2) is 11.9 Å². The van der Waals surface area contributed by atoms with Gasteiger partial charge in [-0.1, -0.05) is 56.1 Å². The fraction of sp³-hybridized carbons (Fsp3) is 0.400. The Kier molecular flexibility index (Phi) is 7.47. The summed E-state index contributed by atoms with van der Waals surface area (Å²) in [6.45, 7) is 6.89. The SMILES string of the molecule is CCCCCCSc1nnc2c(n1)O[C@H](c1ccc(OCC)c(C)c1)Nc1ccccc1-2. The van der Waals surface area contributed by atoms with E-state index < -0.39 is 6.23 Å². The van der Waals surface area contributed by atoms with Crippen LogP contribution in [-0.4, -0.2) is 27.5 Å². The molecule has 0 radical (unpaired) electrons. The number of nitrogens with one attached hydrogen (secondary N) is 1. The molecule has 3 aromatic rings. The van der Waals surface area contributed by atoms with Gasteiger partial charge in [0.1, 0.15) is 5.75 Å². The quantitative estimate of drug-likeness (QED) is 0.298. The maximum atomic E-state index is 6.39. The van der Waals surface area contributed by atoms with Crippen LogP contribution in [0.1, 0.15) is 56.9 Å². The first-order valence-electron chi connectivity index (χ1n) is 11.3. The highest BCUT2D eigenvalue weighted by Gasteiger charge is 2.26. The molecule has 7 heteroatoms. The zero-order chi connectivity index (χ0) is 22.3. The highest BCUT2D eigenvalue weighted by Crippen LogP contribution is 2.40. The summed E-state index contributed by atoms with van der Waals surface area (Å²) in [6, 6.07) is 14.1. The molecule has 0 aliphatic carbocycles. The van der Waals surface area contributed by atoms with E-state index in [2.05, 4.69) is 28.5 Å².